The number of hydrogen-bond donors (Lipinski definition) is 1. The van der Waals surface area contributed by atoms with E-state index in [9.17, 15) is 0 Å². The maximum atomic E-state index is 6.22. The third-order valence-electron chi connectivity index (χ3n) is 3.16. The second-order valence-electron chi connectivity index (χ2n) is 4.67. The van der Waals surface area contributed by atoms with Crippen molar-refractivity contribution in [3.8, 4) is 0 Å². The van der Waals surface area contributed by atoms with Gasteiger partial charge in [0.05, 0.1) is 6.61 Å². The molecule has 0 heterocycles. The highest BCUT2D eigenvalue weighted by atomic mass is 16.5. The van der Waals surface area contributed by atoms with Crippen molar-refractivity contribution >= 4 is 0 Å². The van der Waals surface area contributed by atoms with Crippen molar-refractivity contribution in [3.05, 3.63) is 0 Å². The molecule has 0 rings (SSSR count). The van der Waals surface area contributed by atoms with Crippen LogP contribution in [0.15, 0.2) is 0 Å². The van der Waals surface area contributed by atoms with Crippen LogP contribution in [0.2, 0.25) is 0 Å². The van der Waals surface area contributed by atoms with Crippen molar-refractivity contribution in [3.63, 3.8) is 0 Å². The predicted molar refractivity (Wildman–Crippen MR) is 67.1 cm³/mol. The normalized spacial score (nSPS) is 15.2. The highest BCUT2D eigenvalue weighted by Crippen LogP contribution is 2.17. The molecule has 0 aliphatic carbocycles. The summed E-state index contributed by atoms with van der Waals surface area (Å²) in [5, 5.41) is 0. The Hall–Kier alpha value is -0.0800. The number of ether oxygens (including phenoxy) is 1. The van der Waals surface area contributed by atoms with Crippen LogP contribution in [0.3, 0.4) is 0 Å². The van der Waals surface area contributed by atoms with Gasteiger partial charge in [0, 0.05) is 12.6 Å². The molecule has 0 fully saturated rings. The Morgan fingerprint density at radius 1 is 1.00 bits per heavy atom. The minimum absolute atomic E-state index is 0.0838. The van der Waals surface area contributed by atoms with Gasteiger partial charge in [-0.05, 0) is 12.8 Å². The maximum absolute atomic E-state index is 6.22. The lowest BCUT2D eigenvalue weighted by molar-refractivity contribution is 0.122. The molecule has 2 N–H and O–H groups in total. The van der Waals surface area contributed by atoms with Crippen molar-refractivity contribution in [1.82, 2.24) is 0 Å². The van der Waals surface area contributed by atoms with E-state index in [1.165, 1.54) is 38.5 Å². The summed E-state index contributed by atoms with van der Waals surface area (Å²) < 4.78 is 5.17. The Morgan fingerprint density at radius 3 is 2.13 bits per heavy atom. The van der Waals surface area contributed by atoms with Gasteiger partial charge >= 0.3 is 0 Å². The first-order valence-corrected chi connectivity index (χ1v) is 6.46. The SMILES string of the molecule is CCCCCCCCC(N)(CC)COC. The van der Waals surface area contributed by atoms with Crippen LogP contribution in [-0.2, 0) is 4.74 Å². The predicted octanol–water partition coefficient (Wildman–Crippen LogP) is 3.49. The quantitative estimate of drug-likeness (QED) is 0.566. The summed E-state index contributed by atoms with van der Waals surface area (Å²) in [6.45, 7) is 5.09. The molecule has 0 spiro atoms. The average molecular weight is 215 g/mol. The molecule has 92 valence electrons. The van der Waals surface area contributed by atoms with Crippen LogP contribution in [0.1, 0.15) is 65.2 Å². The number of hydrogen-bond acceptors (Lipinski definition) is 2. The van der Waals surface area contributed by atoms with Gasteiger partial charge in [-0.3, -0.25) is 0 Å². The summed E-state index contributed by atoms with van der Waals surface area (Å²) in [7, 11) is 1.73. The standard InChI is InChI=1S/C13H29NO/c1-4-6-7-8-9-10-11-13(14,5-2)12-15-3/h4-12,14H2,1-3H3. The zero-order valence-electron chi connectivity index (χ0n) is 10.8. The lowest BCUT2D eigenvalue weighted by Crippen LogP contribution is -2.43. The number of nitrogens with two attached hydrogens (primary N) is 1. The van der Waals surface area contributed by atoms with Gasteiger partial charge in [-0.1, -0.05) is 52.4 Å². The van der Waals surface area contributed by atoms with E-state index in [1.54, 1.807) is 7.11 Å². The molecule has 0 saturated heterocycles. The topological polar surface area (TPSA) is 35.2 Å². The molecule has 0 amide bonds. The van der Waals surface area contributed by atoms with Crippen LogP contribution < -0.4 is 5.73 Å². The third kappa shape index (κ3) is 7.80. The number of unbranched alkanes of at least 4 members (excludes halogenated alkanes) is 5. The molecule has 1 unspecified atom stereocenters. The Kier molecular flexibility index (Phi) is 9.12. The summed E-state index contributed by atoms with van der Waals surface area (Å²) in [4.78, 5) is 0. The van der Waals surface area contributed by atoms with Gasteiger partial charge in [0.15, 0.2) is 0 Å². The van der Waals surface area contributed by atoms with Crippen molar-refractivity contribution in [2.75, 3.05) is 13.7 Å². The zero-order chi connectivity index (χ0) is 11.6. The first-order valence-electron chi connectivity index (χ1n) is 6.46. The van der Waals surface area contributed by atoms with Crippen molar-refractivity contribution in [1.29, 1.82) is 0 Å². The summed E-state index contributed by atoms with van der Waals surface area (Å²) >= 11 is 0. The fraction of sp³-hybridized carbons (Fsp3) is 1.00. The van der Waals surface area contributed by atoms with E-state index in [1.807, 2.05) is 0 Å². The summed E-state index contributed by atoms with van der Waals surface area (Å²) in [6, 6.07) is 0. The maximum Gasteiger partial charge on any atom is 0.0642 e. The first-order chi connectivity index (χ1) is 7.18. The third-order valence-corrected chi connectivity index (χ3v) is 3.16. The molecule has 2 heteroatoms. The van der Waals surface area contributed by atoms with E-state index >= 15 is 0 Å². The van der Waals surface area contributed by atoms with E-state index in [4.69, 9.17) is 10.5 Å². The summed E-state index contributed by atoms with van der Waals surface area (Å²) in [6.07, 6.45) is 10.1. The van der Waals surface area contributed by atoms with Crippen LogP contribution in [0, 0.1) is 0 Å². The molecule has 0 aliphatic heterocycles. The second-order valence-corrected chi connectivity index (χ2v) is 4.67. The van der Waals surface area contributed by atoms with Crippen LogP contribution in [0.25, 0.3) is 0 Å². The Bertz CT molecular complexity index is 138. The zero-order valence-corrected chi connectivity index (χ0v) is 10.8. The molecule has 15 heavy (non-hydrogen) atoms. The molecule has 0 saturated carbocycles. The van der Waals surface area contributed by atoms with Gasteiger partial charge < -0.3 is 10.5 Å². The van der Waals surface area contributed by atoms with Gasteiger partial charge in [-0.25, -0.2) is 0 Å². The second kappa shape index (κ2) is 9.17. The molecular formula is C13H29NO. The van der Waals surface area contributed by atoms with E-state index in [0.29, 0.717) is 6.61 Å². The molecule has 0 bridgehead atoms. The molecule has 2 nitrogen and oxygen atoms in total. The summed E-state index contributed by atoms with van der Waals surface area (Å²) in [5.74, 6) is 0. The van der Waals surface area contributed by atoms with Crippen LogP contribution in [-0.4, -0.2) is 19.3 Å². The number of rotatable bonds is 10. The summed E-state index contributed by atoms with van der Waals surface area (Å²) in [5.41, 5.74) is 6.14. The van der Waals surface area contributed by atoms with Crippen molar-refractivity contribution in [2.45, 2.75) is 70.8 Å². The Morgan fingerprint density at radius 2 is 1.60 bits per heavy atom. The van der Waals surface area contributed by atoms with Crippen LogP contribution in [0.4, 0.5) is 0 Å². The lowest BCUT2D eigenvalue weighted by atomic mass is 9.91. The van der Waals surface area contributed by atoms with Crippen LogP contribution >= 0.6 is 0 Å². The molecule has 1 atom stereocenters. The Balaban J connectivity index is 3.46. The van der Waals surface area contributed by atoms with Gasteiger partial charge in [0.25, 0.3) is 0 Å². The van der Waals surface area contributed by atoms with E-state index in [2.05, 4.69) is 13.8 Å². The van der Waals surface area contributed by atoms with E-state index < -0.39 is 0 Å². The minimum Gasteiger partial charge on any atom is -0.383 e. The molecule has 0 aromatic rings. The fourth-order valence-electron chi connectivity index (χ4n) is 1.90. The highest BCUT2D eigenvalue weighted by Gasteiger charge is 2.21. The molecule has 0 radical (unpaired) electrons. The molecule has 0 aromatic carbocycles. The number of methoxy groups -OCH3 is 1. The lowest BCUT2D eigenvalue weighted by Gasteiger charge is -2.27. The smallest absolute Gasteiger partial charge is 0.0642 e. The van der Waals surface area contributed by atoms with Gasteiger partial charge in [0.2, 0.25) is 0 Å². The average Bonchev–Trinajstić information content (AvgIpc) is 2.24. The molecular weight excluding hydrogens is 186 g/mol. The van der Waals surface area contributed by atoms with E-state index in [0.717, 1.165) is 12.8 Å². The van der Waals surface area contributed by atoms with Crippen molar-refractivity contribution in [2.24, 2.45) is 5.73 Å². The molecule has 0 aliphatic rings. The van der Waals surface area contributed by atoms with Crippen LogP contribution in [0.5, 0.6) is 0 Å². The first kappa shape index (κ1) is 14.9. The van der Waals surface area contributed by atoms with Gasteiger partial charge in [0.1, 0.15) is 0 Å². The highest BCUT2D eigenvalue weighted by molar-refractivity contribution is 4.81. The van der Waals surface area contributed by atoms with Crippen molar-refractivity contribution < 1.29 is 4.74 Å². The van der Waals surface area contributed by atoms with Gasteiger partial charge in [-0.2, -0.15) is 0 Å². The fourth-order valence-corrected chi connectivity index (χ4v) is 1.90. The largest absolute Gasteiger partial charge is 0.383 e. The monoisotopic (exact) mass is 215 g/mol. The Labute approximate surface area is 95.6 Å². The molecule has 0 aromatic heterocycles. The van der Waals surface area contributed by atoms with Gasteiger partial charge in [-0.15, -0.1) is 0 Å². The van der Waals surface area contributed by atoms with E-state index in [-0.39, 0.29) is 5.54 Å². The minimum atomic E-state index is -0.0838.